The Morgan fingerprint density at radius 1 is 0.164 bits per heavy atom. The van der Waals surface area contributed by atoms with E-state index in [2.05, 4.69) is 407 Å². The summed E-state index contributed by atoms with van der Waals surface area (Å²) in [5, 5.41) is 16.8. The fourth-order valence-corrected chi connectivity index (χ4v) is 17.2. The molecule has 0 aliphatic carbocycles. The van der Waals surface area contributed by atoms with Crippen molar-refractivity contribution in [2.24, 2.45) is 0 Å². The van der Waals surface area contributed by atoms with Crippen molar-refractivity contribution in [2.45, 2.75) is 0 Å². The Morgan fingerprint density at radius 2 is 0.473 bits per heavy atom. The second-order valence-corrected chi connectivity index (χ2v) is 28.4. The molecule has 0 aliphatic heterocycles. The van der Waals surface area contributed by atoms with Crippen LogP contribution in [0.5, 0.6) is 0 Å². The van der Waals surface area contributed by atoms with E-state index in [-0.39, 0.29) is 0 Å². The van der Waals surface area contributed by atoms with E-state index in [1.807, 2.05) is 0 Å². The average Bonchev–Trinajstić information content (AvgIpc) is 1.58. The topological polar surface area (TPSA) is 71.3 Å². The lowest BCUT2D eigenvalue weighted by molar-refractivity contribution is 1.01. The molecular formula is C102H64N8. The number of benzene rings is 17. The molecule has 6 heterocycles. The van der Waals surface area contributed by atoms with Gasteiger partial charge in [-0.15, -0.1) is 0 Å². The Labute approximate surface area is 632 Å². The van der Waals surface area contributed by atoms with Crippen LogP contribution in [-0.2, 0) is 0 Å². The Bertz CT molecular complexity index is 7640. The van der Waals surface area contributed by atoms with E-state index in [0.29, 0.717) is 11.9 Å². The maximum Gasteiger partial charge on any atom is 0.235 e. The van der Waals surface area contributed by atoms with Crippen molar-refractivity contribution in [2.75, 3.05) is 0 Å². The molecule has 0 N–H and O–H groups in total. The summed E-state index contributed by atoms with van der Waals surface area (Å²) in [6.45, 7) is 0. The van der Waals surface area contributed by atoms with Gasteiger partial charge in [0.15, 0.2) is 0 Å². The third kappa shape index (κ3) is 10.1. The van der Waals surface area contributed by atoms with Crippen LogP contribution < -0.4 is 0 Å². The van der Waals surface area contributed by atoms with Crippen molar-refractivity contribution in [3.63, 3.8) is 0 Å². The van der Waals surface area contributed by atoms with E-state index in [0.717, 1.165) is 83.2 Å². The molecule has 0 unspecified atom stereocenters. The van der Waals surface area contributed by atoms with Crippen LogP contribution in [0.1, 0.15) is 0 Å². The summed E-state index contributed by atoms with van der Waals surface area (Å²) < 4.78 is 9.17. The first-order valence-corrected chi connectivity index (χ1v) is 37.4. The number of aromatic nitrogens is 8. The molecule has 8 heteroatoms. The molecule has 0 saturated carbocycles. The second-order valence-electron chi connectivity index (χ2n) is 28.4. The van der Waals surface area contributed by atoms with Crippen LogP contribution >= 0.6 is 0 Å². The van der Waals surface area contributed by atoms with Gasteiger partial charge in [0.1, 0.15) is 0 Å². The summed E-state index contributed by atoms with van der Waals surface area (Å²) in [4.78, 5) is 21.1. The summed E-state index contributed by atoms with van der Waals surface area (Å²) in [7, 11) is 0. The van der Waals surface area contributed by atoms with Crippen molar-refractivity contribution in [3.8, 4) is 79.2 Å². The summed E-state index contributed by atoms with van der Waals surface area (Å²) in [5.74, 6) is 1.33. The smallest absolute Gasteiger partial charge is 0.235 e. The molecule has 0 radical (unpaired) electrons. The maximum atomic E-state index is 5.37. The molecule has 0 aliphatic rings. The van der Waals surface area contributed by atoms with Crippen LogP contribution in [0.2, 0.25) is 0 Å². The van der Waals surface area contributed by atoms with Crippen LogP contribution in [0.3, 0.4) is 0 Å². The van der Waals surface area contributed by atoms with Crippen LogP contribution in [0.25, 0.3) is 210 Å². The third-order valence-electron chi connectivity index (χ3n) is 22.3. The van der Waals surface area contributed by atoms with Gasteiger partial charge in [0.05, 0.1) is 66.6 Å². The first-order chi connectivity index (χ1) is 54.6. The Kier molecular flexibility index (Phi) is 14.5. The summed E-state index contributed by atoms with van der Waals surface area (Å²) in [6, 6.07) is 139. The molecule has 6 aromatic heterocycles. The van der Waals surface area contributed by atoms with Crippen molar-refractivity contribution < 1.29 is 0 Å². The number of hydrogen-bond donors (Lipinski definition) is 0. The molecule has 0 spiro atoms. The van der Waals surface area contributed by atoms with E-state index in [1.54, 1.807) is 0 Å². The Morgan fingerprint density at radius 3 is 0.918 bits per heavy atom. The molecular weight excluding hydrogens is 1340 g/mol. The van der Waals surface area contributed by atoms with Gasteiger partial charge >= 0.3 is 0 Å². The number of rotatable bonds is 9. The molecule has 0 amide bonds. The second kappa shape index (κ2) is 25.4. The monoisotopic (exact) mass is 1400 g/mol. The lowest BCUT2D eigenvalue weighted by Crippen LogP contribution is -2.03. The van der Waals surface area contributed by atoms with Gasteiger partial charge in [0.2, 0.25) is 11.9 Å². The minimum atomic E-state index is 0.663. The standard InChI is InChI=1S/C54H34N4.C48H30N4/c1-2-16-41(17-3-1)57-48-23-10-7-19-43(48)46-34-40(30-31-50(46)57)39-15-12-14-38(33-39)35-25-27-37(28-26-35)53-44-20-6-9-22-47(44)55-54(56-53)58-49-24-11-8-21-45(49)52-42-18-5-4-13-36(42)29-32-51(52)58;1-2-13-35(14-3-1)51-42-20-10-7-16-37(42)40-30-34(27-28-44(40)51)31-22-24-33(25-23-31)47-38-17-6-9-19-41(38)49-48(50-47)52-43-21-11-8-18-39(43)46-36-15-5-4-12-32(36)26-29-45(46)52/h1-34H;1-30H. The van der Waals surface area contributed by atoms with E-state index in [4.69, 9.17) is 19.9 Å². The van der Waals surface area contributed by atoms with Gasteiger partial charge in [-0.1, -0.05) is 285 Å². The number of para-hydroxylation sites is 8. The van der Waals surface area contributed by atoms with E-state index in [1.165, 1.54) is 115 Å². The van der Waals surface area contributed by atoms with Crippen LogP contribution in [0.4, 0.5) is 0 Å². The SMILES string of the molecule is c1ccc(-n2c3ccccc3c3cc(-c4ccc(-c5nc(-n6c7ccccc7c7c8ccccc8ccc76)nc6ccccc56)cc4)ccc32)cc1.c1ccc(-n2c3ccccc3c3cc(-c4cccc(-c5ccc(-c6nc(-n7c8ccccc8c8c9ccccc9ccc87)nc7ccccc67)cc5)c4)ccc32)cc1. The van der Waals surface area contributed by atoms with Crippen LogP contribution in [0, 0.1) is 0 Å². The Balaban J connectivity index is 0.000000136. The first kappa shape index (κ1) is 62.5. The number of hydrogen-bond acceptors (Lipinski definition) is 4. The molecule has 8 nitrogen and oxygen atoms in total. The third-order valence-corrected chi connectivity index (χ3v) is 22.3. The van der Waals surface area contributed by atoms with Gasteiger partial charge in [-0.2, -0.15) is 0 Å². The molecule has 0 bridgehead atoms. The zero-order valence-corrected chi connectivity index (χ0v) is 59.5. The lowest BCUT2D eigenvalue weighted by Gasteiger charge is -2.12. The van der Waals surface area contributed by atoms with Gasteiger partial charge in [0.25, 0.3) is 0 Å². The van der Waals surface area contributed by atoms with Gasteiger partial charge < -0.3 is 9.13 Å². The zero-order valence-electron chi connectivity index (χ0n) is 59.5. The Hall–Kier alpha value is -14.9. The normalized spacial score (nSPS) is 11.8. The summed E-state index contributed by atoms with van der Waals surface area (Å²) in [6.07, 6.45) is 0. The minimum Gasteiger partial charge on any atom is -0.309 e. The highest BCUT2D eigenvalue weighted by atomic mass is 15.2. The number of nitrogens with zero attached hydrogens (tertiary/aromatic N) is 8. The van der Waals surface area contributed by atoms with Crippen molar-refractivity contribution >= 4 is 131 Å². The van der Waals surface area contributed by atoms with E-state index < -0.39 is 0 Å². The first-order valence-electron chi connectivity index (χ1n) is 37.4. The predicted molar refractivity (Wildman–Crippen MR) is 459 cm³/mol. The highest BCUT2D eigenvalue weighted by Crippen LogP contribution is 2.43. The quantitative estimate of drug-likeness (QED) is 0.144. The van der Waals surface area contributed by atoms with Crippen LogP contribution in [-0.4, -0.2) is 38.2 Å². The van der Waals surface area contributed by atoms with E-state index in [9.17, 15) is 0 Å². The highest BCUT2D eigenvalue weighted by molar-refractivity contribution is 6.23. The van der Waals surface area contributed by atoms with Crippen LogP contribution in [0.15, 0.2) is 388 Å². The maximum absolute atomic E-state index is 5.37. The van der Waals surface area contributed by atoms with Gasteiger partial charge in [0, 0.05) is 76.4 Å². The fraction of sp³-hybridized carbons (Fsp3) is 0. The highest BCUT2D eigenvalue weighted by Gasteiger charge is 2.23. The molecule has 0 saturated heterocycles. The molecule has 0 atom stereocenters. The zero-order chi connectivity index (χ0) is 72.3. The molecule has 512 valence electrons. The van der Waals surface area contributed by atoms with Crippen molar-refractivity contribution in [1.29, 1.82) is 0 Å². The summed E-state index contributed by atoms with van der Waals surface area (Å²) in [5.41, 5.74) is 24.3. The minimum absolute atomic E-state index is 0.663. The van der Waals surface area contributed by atoms with Gasteiger partial charge in [-0.05, 0) is 158 Å². The molecule has 23 aromatic rings. The molecule has 23 rings (SSSR count). The van der Waals surface area contributed by atoms with Gasteiger partial charge in [-0.3, -0.25) is 9.13 Å². The van der Waals surface area contributed by atoms with Crippen molar-refractivity contribution in [1.82, 2.24) is 38.2 Å². The number of fused-ring (bicyclic) bond motifs is 18. The average molecular weight is 1400 g/mol. The molecule has 110 heavy (non-hydrogen) atoms. The summed E-state index contributed by atoms with van der Waals surface area (Å²) >= 11 is 0. The van der Waals surface area contributed by atoms with E-state index >= 15 is 0 Å². The van der Waals surface area contributed by atoms with Crippen molar-refractivity contribution in [3.05, 3.63) is 388 Å². The largest absolute Gasteiger partial charge is 0.309 e. The predicted octanol–water partition coefficient (Wildman–Crippen LogP) is 26.3. The van der Waals surface area contributed by atoms with Gasteiger partial charge in [-0.25, -0.2) is 19.9 Å². The lowest BCUT2D eigenvalue weighted by atomic mass is 9.96. The molecule has 0 fully saturated rings. The molecule has 17 aromatic carbocycles. The fourth-order valence-electron chi connectivity index (χ4n) is 17.2.